The van der Waals surface area contributed by atoms with E-state index < -0.39 is 0 Å². The fourth-order valence-corrected chi connectivity index (χ4v) is 2.00. The summed E-state index contributed by atoms with van der Waals surface area (Å²) in [7, 11) is 0. The van der Waals surface area contributed by atoms with Crippen molar-refractivity contribution in [1.82, 2.24) is 0 Å². The molecule has 16 heavy (non-hydrogen) atoms. The SMILES string of the molecule is Cc1cc(Br)cc(NC(=O)C(S)C(C)C)c1. The Balaban J connectivity index is 2.77. The number of carbonyl (C=O) groups excluding carboxylic acids is 1. The monoisotopic (exact) mass is 301 g/mol. The Bertz CT molecular complexity index is 372. The third-order valence-corrected chi connectivity index (χ3v) is 3.50. The zero-order valence-electron chi connectivity index (χ0n) is 9.62. The van der Waals surface area contributed by atoms with Gasteiger partial charge in [0.1, 0.15) is 0 Å². The molecule has 0 fully saturated rings. The second kappa shape index (κ2) is 5.73. The number of hydrogen-bond donors (Lipinski definition) is 2. The number of carbonyl (C=O) groups is 1. The zero-order chi connectivity index (χ0) is 12.3. The van der Waals surface area contributed by atoms with Gasteiger partial charge in [-0.05, 0) is 36.6 Å². The molecule has 0 heterocycles. The number of benzene rings is 1. The van der Waals surface area contributed by atoms with Crippen LogP contribution in [0.4, 0.5) is 5.69 Å². The second-order valence-corrected chi connectivity index (χ2v) is 5.67. The fraction of sp³-hybridized carbons (Fsp3) is 0.417. The van der Waals surface area contributed by atoms with Crippen molar-refractivity contribution in [2.75, 3.05) is 5.32 Å². The number of hydrogen-bond acceptors (Lipinski definition) is 2. The van der Waals surface area contributed by atoms with Crippen molar-refractivity contribution in [1.29, 1.82) is 0 Å². The average Bonchev–Trinajstić information content (AvgIpc) is 2.14. The van der Waals surface area contributed by atoms with Crippen LogP contribution in [0.5, 0.6) is 0 Å². The number of aryl methyl sites for hydroxylation is 1. The van der Waals surface area contributed by atoms with Crippen LogP contribution in [0.25, 0.3) is 0 Å². The molecule has 1 N–H and O–H groups in total. The average molecular weight is 302 g/mol. The van der Waals surface area contributed by atoms with Crippen LogP contribution in [-0.2, 0) is 4.79 Å². The molecule has 4 heteroatoms. The maximum absolute atomic E-state index is 11.8. The van der Waals surface area contributed by atoms with Crippen LogP contribution in [-0.4, -0.2) is 11.2 Å². The largest absolute Gasteiger partial charge is 0.325 e. The van der Waals surface area contributed by atoms with Crippen LogP contribution < -0.4 is 5.32 Å². The Labute approximate surface area is 110 Å². The molecule has 2 nitrogen and oxygen atoms in total. The van der Waals surface area contributed by atoms with Crippen LogP contribution in [0, 0.1) is 12.8 Å². The molecule has 1 atom stereocenters. The van der Waals surface area contributed by atoms with Gasteiger partial charge in [-0.2, -0.15) is 12.6 Å². The van der Waals surface area contributed by atoms with Gasteiger partial charge in [0.05, 0.1) is 5.25 Å². The Morgan fingerprint density at radius 1 is 1.38 bits per heavy atom. The number of thiol groups is 1. The summed E-state index contributed by atoms with van der Waals surface area (Å²) >= 11 is 7.68. The molecule has 0 bridgehead atoms. The number of anilines is 1. The number of amides is 1. The number of nitrogens with one attached hydrogen (secondary N) is 1. The van der Waals surface area contributed by atoms with Crippen molar-refractivity contribution in [3.8, 4) is 0 Å². The Kier molecular flexibility index (Phi) is 4.87. The lowest BCUT2D eigenvalue weighted by Crippen LogP contribution is -2.27. The highest BCUT2D eigenvalue weighted by Gasteiger charge is 2.17. The minimum absolute atomic E-state index is 0.0594. The van der Waals surface area contributed by atoms with Gasteiger partial charge in [-0.25, -0.2) is 0 Å². The van der Waals surface area contributed by atoms with Crippen molar-refractivity contribution < 1.29 is 4.79 Å². The standard InChI is InChI=1S/C12H16BrNOS/c1-7(2)11(16)12(15)14-10-5-8(3)4-9(13)6-10/h4-7,11,16H,1-3H3,(H,14,15). The van der Waals surface area contributed by atoms with Gasteiger partial charge in [0.15, 0.2) is 0 Å². The third kappa shape index (κ3) is 3.83. The number of halogens is 1. The lowest BCUT2D eigenvalue weighted by molar-refractivity contribution is -0.116. The van der Waals surface area contributed by atoms with Gasteiger partial charge in [-0.1, -0.05) is 29.8 Å². The molecule has 0 saturated carbocycles. The first kappa shape index (κ1) is 13.6. The van der Waals surface area contributed by atoms with E-state index in [4.69, 9.17) is 0 Å². The second-order valence-electron chi connectivity index (χ2n) is 4.20. The third-order valence-electron chi connectivity index (χ3n) is 2.21. The van der Waals surface area contributed by atoms with Gasteiger partial charge in [0.25, 0.3) is 0 Å². The van der Waals surface area contributed by atoms with Crippen molar-refractivity contribution in [2.24, 2.45) is 5.92 Å². The molecule has 0 radical (unpaired) electrons. The first-order valence-corrected chi connectivity index (χ1v) is 6.47. The van der Waals surface area contributed by atoms with Gasteiger partial charge < -0.3 is 5.32 Å². The normalized spacial score (nSPS) is 12.6. The van der Waals surface area contributed by atoms with Crippen LogP contribution in [0.3, 0.4) is 0 Å². The molecule has 1 rings (SSSR count). The molecular formula is C12H16BrNOS. The van der Waals surface area contributed by atoms with E-state index in [0.717, 1.165) is 15.7 Å². The molecule has 1 aromatic carbocycles. The van der Waals surface area contributed by atoms with Gasteiger partial charge in [-0.15, -0.1) is 0 Å². The van der Waals surface area contributed by atoms with E-state index >= 15 is 0 Å². The van der Waals surface area contributed by atoms with Crippen LogP contribution in [0.15, 0.2) is 22.7 Å². The summed E-state index contributed by atoms with van der Waals surface area (Å²) in [4.78, 5) is 11.8. The van der Waals surface area contributed by atoms with Crippen molar-refractivity contribution in [3.05, 3.63) is 28.2 Å². The Morgan fingerprint density at radius 2 is 2.00 bits per heavy atom. The quantitative estimate of drug-likeness (QED) is 0.820. The van der Waals surface area contributed by atoms with Crippen molar-refractivity contribution in [3.63, 3.8) is 0 Å². The van der Waals surface area contributed by atoms with Crippen LogP contribution >= 0.6 is 28.6 Å². The Hall–Kier alpha value is -0.480. The van der Waals surface area contributed by atoms with E-state index in [2.05, 4.69) is 33.9 Å². The van der Waals surface area contributed by atoms with E-state index in [1.165, 1.54) is 0 Å². The molecule has 0 spiro atoms. The minimum Gasteiger partial charge on any atom is -0.325 e. The maximum Gasteiger partial charge on any atom is 0.237 e. The molecular weight excluding hydrogens is 286 g/mol. The lowest BCUT2D eigenvalue weighted by atomic mass is 10.1. The zero-order valence-corrected chi connectivity index (χ0v) is 12.1. The topological polar surface area (TPSA) is 29.1 Å². The minimum atomic E-state index is -0.278. The molecule has 88 valence electrons. The molecule has 1 amide bonds. The number of rotatable bonds is 3. The molecule has 1 aromatic rings. The molecule has 1 unspecified atom stereocenters. The van der Waals surface area contributed by atoms with Gasteiger partial charge in [0.2, 0.25) is 5.91 Å². The Morgan fingerprint density at radius 3 is 2.50 bits per heavy atom. The van der Waals surface area contributed by atoms with Crippen molar-refractivity contribution >= 4 is 40.2 Å². The molecule has 0 aliphatic rings. The highest BCUT2D eigenvalue weighted by Crippen LogP contribution is 2.20. The van der Waals surface area contributed by atoms with Crippen LogP contribution in [0.2, 0.25) is 0 Å². The highest BCUT2D eigenvalue weighted by atomic mass is 79.9. The van der Waals surface area contributed by atoms with Gasteiger partial charge >= 0.3 is 0 Å². The van der Waals surface area contributed by atoms with Crippen molar-refractivity contribution in [2.45, 2.75) is 26.0 Å². The molecule has 0 aromatic heterocycles. The van der Waals surface area contributed by atoms with E-state index in [0.29, 0.717) is 0 Å². The van der Waals surface area contributed by atoms with E-state index in [-0.39, 0.29) is 17.1 Å². The van der Waals surface area contributed by atoms with Crippen LogP contribution in [0.1, 0.15) is 19.4 Å². The van der Waals surface area contributed by atoms with E-state index in [1.54, 1.807) is 0 Å². The summed E-state index contributed by atoms with van der Waals surface area (Å²) in [5.74, 6) is 0.160. The highest BCUT2D eigenvalue weighted by molar-refractivity contribution is 9.10. The first-order chi connectivity index (χ1) is 7.40. The maximum atomic E-state index is 11.8. The molecule has 0 saturated heterocycles. The summed E-state index contributed by atoms with van der Waals surface area (Å²) in [5, 5.41) is 2.58. The van der Waals surface area contributed by atoms with Gasteiger partial charge in [-0.3, -0.25) is 4.79 Å². The van der Waals surface area contributed by atoms with E-state index in [9.17, 15) is 4.79 Å². The summed E-state index contributed by atoms with van der Waals surface area (Å²) < 4.78 is 0.961. The summed E-state index contributed by atoms with van der Waals surface area (Å²) in [6, 6.07) is 5.81. The fourth-order valence-electron chi connectivity index (χ4n) is 1.33. The predicted octanol–water partition coefficient (Wildman–Crippen LogP) is 3.65. The molecule has 0 aliphatic heterocycles. The predicted molar refractivity (Wildman–Crippen MR) is 75.1 cm³/mol. The van der Waals surface area contributed by atoms with E-state index in [1.807, 2.05) is 39.0 Å². The van der Waals surface area contributed by atoms with Gasteiger partial charge in [0, 0.05) is 10.2 Å². The summed E-state index contributed by atoms with van der Waals surface area (Å²) in [6.07, 6.45) is 0. The smallest absolute Gasteiger partial charge is 0.237 e. The summed E-state index contributed by atoms with van der Waals surface area (Å²) in [5.41, 5.74) is 1.90. The lowest BCUT2D eigenvalue weighted by Gasteiger charge is -2.15. The first-order valence-electron chi connectivity index (χ1n) is 5.16. The summed E-state index contributed by atoms with van der Waals surface area (Å²) in [6.45, 7) is 5.94. The molecule has 0 aliphatic carbocycles.